The Kier molecular flexibility index (Phi) is 4.95. The fourth-order valence-corrected chi connectivity index (χ4v) is 3.82. The topological polar surface area (TPSA) is 60.5 Å². The predicted octanol–water partition coefficient (Wildman–Crippen LogP) is 5.23. The Balaban J connectivity index is 1.56. The standard InChI is InChI=1S/C22H18N2O3S/c1-26-17-12-18(27-2)20-19(13-17)28-22(23-20)24-21(25)16-10-8-15(9-11-16)14-6-4-3-5-7-14/h3-13H,1-2H3,(H,23,24,25). The van der Waals surface area contributed by atoms with Gasteiger partial charge in [-0.3, -0.25) is 10.1 Å². The molecule has 0 saturated heterocycles. The minimum Gasteiger partial charge on any atom is -0.497 e. The van der Waals surface area contributed by atoms with Crippen LogP contribution >= 0.6 is 11.3 Å². The van der Waals surface area contributed by atoms with Gasteiger partial charge in [0.2, 0.25) is 0 Å². The normalized spacial score (nSPS) is 10.6. The SMILES string of the molecule is COc1cc(OC)c2nc(NC(=O)c3ccc(-c4ccccc4)cc3)sc2c1. The van der Waals surface area contributed by atoms with Crippen LogP contribution < -0.4 is 14.8 Å². The van der Waals surface area contributed by atoms with Crippen LogP contribution in [-0.2, 0) is 0 Å². The molecule has 4 aromatic rings. The first-order valence-corrected chi connectivity index (χ1v) is 9.49. The highest BCUT2D eigenvalue weighted by Crippen LogP contribution is 2.36. The van der Waals surface area contributed by atoms with E-state index >= 15 is 0 Å². The van der Waals surface area contributed by atoms with Gasteiger partial charge in [0, 0.05) is 11.6 Å². The molecule has 6 heteroatoms. The lowest BCUT2D eigenvalue weighted by atomic mass is 10.0. The van der Waals surface area contributed by atoms with E-state index in [2.05, 4.69) is 10.3 Å². The summed E-state index contributed by atoms with van der Waals surface area (Å²) in [6, 6.07) is 21.2. The van der Waals surface area contributed by atoms with Crippen LogP contribution in [0.4, 0.5) is 5.13 Å². The molecule has 3 aromatic carbocycles. The molecule has 0 fully saturated rings. The number of anilines is 1. The lowest BCUT2D eigenvalue weighted by Gasteiger charge is -2.04. The Bertz CT molecular complexity index is 1120. The molecule has 4 rings (SSSR count). The molecule has 0 atom stereocenters. The van der Waals surface area contributed by atoms with Crippen LogP contribution in [0.2, 0.25) is 0 Å². The maximum absolute atomic E-state index is 12.6. The van der Waals surface area contributed by atoms with E-state index in [0.717, 1.165) is 15.8 Å². The number of hydrogen-bond acceptors (Lipinski definition) is 5. The summed E-state index contributed by atoms with van der Waals surface area (Å²) in [5, 5.41) is 3.38. The van der Waals surface area contributed by atoms with Crippen molar-refractivity contribution in [2.24, 2.45) is 0 Å². The second-order valence-corrected chi connectivity index (χ2v) is 7.12. The first-order valence-electron chi connectivity index (χ1n) is 8.67. The van der Waals surface area contributed by atoms with E-state index in [9.17, 15) is 4.79 Å². The largest absolute Gasteiger partial charge is 0.497 e. The van der Waals surface area contributed by atoms with E-state index in [1.165, 1.54) is 11.3 Å². The van der Waals surface area contributed by atoms with Crippen molar-refractivity contribution in [3.63, 3.8) is 0 Å². The second kappa shape index (κ2) is 7.70. The number of benzene rings is 3. The zero-order chi connectivity index (χ0) is 19.5. The molecule has 0 aliphatic rings. The molecule has 0 bridgehead atoms. The van der Waals surface area contributed by atoms with Gasteiger partial charge in [-0.05, 0) is 29.3 Å². The summed E-state index contributed by atoms with van der Waals surface area (Å²) in [7, 11) is 3.18. The molecule has 0 aliphatic heterocycles. The summed E-state index contributed by atoms with van der Waals surface area (Å²) >= 11 is 1.38. The average molecular weight is 390 g/mol. The Morgan fingerprint density at radius 2 is 1.64 bits per heavy atom. The summed E-state index contributed by atoms with van der Waals surface area (Å²) in [4.78, 5) is 17.1. The van der Waals surface area contributed by atoms with E-state index in [0.29, 0.717) is 27.7 Å². The fourth-order valence-electron chi connectivity index (χ4n) is 2.92. The first-order chi connectivity index (χ1) is 13.7. The number of fused-ring (bicyclic) bond motifs is 1. The van der Waals surface area contributed by atoms with Crippen LogP contribution in [0.5, 0.6) is 11.5 Å². The first kappa shape index (κ1) is 18.0. The number of nitrogens with one attached hydrogen (secondary N) is 1. The summed E-state index contributed by atoms with van der Waals surface area (Å²) in [5.74, 6) is 1.09. The molecular formula is C22H18N2O3S. The van der Waals surface area contributed by atoms with Crippen LogP contribution in [0.3, 0.4) is 0 Å². The quantitative estimate of drug-likeness (QED) is 0.507. The van der Waals surface area contributed by atoms with Gasteiger partial charge in [-0.25, -0.2) is 4.98 Å². The Morgan fingerprint density at radius 1 is 0.929 bits per heavy atom. The number of carbonyl (C=O) groups is 1. The van der Waals surface area contributed by atoms with E-state index < -0.39 is 0 Å². The molecule has 140 valence electrons. The highest BCUT2D eigenvalue weighted by atomic mass is 32.1. The van der Waals surface area contributed by atoms with Crippen molar-refractivity contribution in [2.45, 2.75) is 0 Å². The number of aromatic nitrogens is 1. The lowest BCUT2D eigenvalue weighted by Crippen LogP contribution is -2.11. The number of nitrogens with zero attached hydrogens (tertiary/aromatic N) is 1. The molecule has 1 N–H and O–H groups in total. The van der Waals surface area contributed by atoms with Gasteiger partial charge in [-0.1, -0.05) is 53.8 Å². The molecule has 0 saturated carbocycles. The molecule has 0 unspecified atom stereocenters. The average Bonchev–Trinajstić information content (AvgIpc) is 3.16. The third-order valence-corrected chi connectivity index (χ3v) is 5.28. The van der Waals surface area contributed by atoms with Gasteiger partial charge in [0.05, 0.1) is 18.9 Å². The van der Waals surface area contributed by atoms with Crippen LogP contribution in [-0.4, -0.2) is 25.1 Å². The van der Waals surface area contributed by atoms with Crippen LogP contribution in [0.15, 0.2) is 66.7 Å². The van der Waals surface area contributed by atoms with Gasteiger partial charge in [-0.2, -0.15) is 0 Å². The summed E-state index contributed by atoms with van der Waals surface area (Å²) in [6.45, 7) is 0. The Morgan fingerprint density at radius 3 is 2.32 bits per heavy atom. The van der Waals surface area contributed by atoms with Gasteiger partial charge >= 0.3 is 0 Å². The molecule has 5 nitrogen and oxygen atoms in total. The van der Waals surface area contributed by atoms with Gasteiger partial charge < -0.3 is 9.47 Å². The van der Waals surface area contributed by atoms with Gasteiger partial charge in [0.25, 0.3) is 5.91 Å². The number of carbonyl (C=O) groups excluding carboxylic acids is 1. The summed E-state index contributed by atoms with van der Waals surface area (Å²) in [5.41, 5.74) is 3.45. The lowest BCUT2D eigenvalue weighted by molar-refractivity contribution is 0.102. The van der Waals surface area contributed by atoms with Crippen molar-refractivity contribution < 1.29 is 14.3 Å². The number of amides is 1. The van der Waals surface area contributed by atoms with E-state index in [4.69, 9.17) is 9.47 Å². The minimum absolute atomic E-state index is 0.204. The van der Waals surface area contributed by atoms with E-state index in [1.54, 1.807) is 20.3 Å². The highest BCUT2D eigenvalue weighted by Gasteiger charge is 2.14. The fraction of sp³-hybridized carbons (Fsp3) is 0.0909. The molecule has 1 aromatic heterocycles. The van der Waals surface area contributed by atoms with Gasteiger partial charge in [-0.15, -0.1) is 0 Å². The van der Waals surface area contributed by atoms with Crippen LogP contribution in [0.25, 0.3) is 21.3 Å². The number of thiazole rings is 1. The smallest absolute Gasteiger partial charge is 0.257 e. The number of methoxy groups -OCH3 is 2. The highest BCUT2D eigenvalue weighted by molar-refractivity contribution is 7.22. The van der Waals surface area contributed by atoms with Crippen molar-refractivity contribution in [1.82, 2.24) is 4.98 Å². The number of hydrogen-bond donors (Lipinski definition) is 1. The van der Waals surface area contributed by atoms with E-state index in [1.807, 2.05) is 60.7 Å². The van der Waals surface area contributed by atoms with Gasteiger partial charge in [0.1, 0.15) is 17.0 Å². The molecule has 0 aliphatic carbocycles. The summed E-state index contributed by atoms with van der Waals surface area (Å²) < 4.78 is 11.5. The molecule has 1 heterocycles. The van der Waals surface area contributed by atoms with Crippen molar-refractivity contribution in [2.75, 3.05) is 19.5 Å². The van der Waals surface area contributed by atoms with E-state index in [-0.39, 0.29) is 5.91 Å². The summed E-state index contributed by atoms with van der Waals surface area (Å²) in [6.07, 6.45) is 0. The molecular weight excluding hydrogens is 372 g/mol. The third kappa shape index (κ3) is 3.54. The van der Waals surface area contributed by atoms with Gasteiger partial charge in [0.15, 0.2) is 5.13 Å². The maximum atomic E-state index is 12.6. The zero-order valence-electron chi connectivity index (χ0n) is 15.4. The Labute approximate surface area is 166 Å². The molecule has 1 amide bonds. The third-order valence-electron chi connectivity index (χ3n) is 4.36. The molecule has 28 heavy (non-hydrogen) atoms. The van der Waals surface area contributed by atoms with Crippen molar-refractivity contribution in [3.8, 4) is 22.6 Å². The number of ether oxygens (including phenoxy) is 2. The second-order valence-electron chi connectivity index (χ2n) is 6.09. The maximum Gasteiger partial charge on any atom is 0.257 e. The predicted molar refractivity (Wildman–Crippen MR) is 113 cm³/mol. The van der Waals surface area contributed by atoms with Crippen molar-refractivity contribution in [3.05, 3.63) is 72.3 Å². The van der Waals surface area contributed by atoms with Crippen LogP contribution in [0.1, 0.15) is 10.4 Å². The minimum atomic E-state index is -0.204. The molecule has 0 spiro atoms. The number of rotatable bonds is 5. The zero-order valence-corrected chi connectivity index (χ0v) is 16.2. The molecule has 0 radical (unpaired) electrons. The van der Waals surface area contributed by atoms with Crippen molar-refractivity contribution >= 4 is 32.6 Å². The Hall–Kier alpha value is -3.38. The monoisotopic (exact) mass is 390 g/mol. The van der Waals surface area contributed by atoms with Crippen molar-refractivity contribution in [1.29, 1.82) is 0 Å². The van der Waals surface area contributed by atoms with Crippen LogP contribution in [0, 0.1) is 0 Å².